The van der Waals surface area contributed by atoms with Crippen molar-refractivity contribution < 1.29 is 19.2 Å². The molecule has 0 aliphatic carbocycles. The lowest BCUT2D eigenvalue weighted by atomic mass is 10.2. The number of para-hydroxylation sites is 2. The Kier molecular flexibility index (Phi) is 6.44. The Morgan fingerprint density at radius 1 is 0.722 bits per heavy atom. The monoisotopic (exact) mass is 483 g/mol. The van der Waals surface area contributed by atoms with Crippen LogP contribution in [0.4, 0.5) is 11.4 Å². The highest BCUT2D eigenvalue weighted by Crippen LogP contribution is 2.28. The van der Waals surface area contributed by atoms with E-state index in [2.05, 4.69) is 15.6 Å². The summed E-state index contributed by atoms with van der Waals surface area (Å²) in [6, 6.07) is 16.7. The van der Waals surface area contributed by atoms with E-state index in [1.807, 2.05) is 48.5 Å². The quantitative estimate of drug-likeness (QED) is 0.507. The fourth-order valence-corrected chi connectivity index (χ4v) is 4.58. The van der Waals surface area contributed by atoms with Gasteiger partial charge in [0.1, 0.15) is 0 Å². The molecule has 9 heteroatoms. The zero-order valence-corrected chi connectivity index (χ0v) is 19.6. The summed E-state index contributed by atoms with van der Waals surface area (Å²) in [5.41, 5.74) is 4.20. The van der Waals surface area contributed by atoms with Gasteiger partial charge in [0.05, 0.1) is 24.0 Å². The largest absolute Gasteiger partial charge is 0.350 e. The number of benzene rings is 2. The van der Waals surface area contributed by atoms with Crippen molar-refractivity contribution in [2.45, 2.75) is 12.8 Å². The van der Waals surface area contributed by atoms with E-state index in [9.17, 15) is 19.2 Å². The van der Waals surface area contributed by atoms with Crippen molar-refractivity contribution in [3.8, 4) is 0 Å². The second-order valence-corrected chi connectivity index (χ2v) is 8.68. The number of fused-ring (bicyclic) bond motifs is 2. The third-order valence-electron chi connectivity index (χ3n) is 6.35. The van der Waals surface area contributed by atoms with Crippen LogP contribution in [-0.2, 0) is 22.4 Å². The summed E-state index contributed by atoms with van der Waals surface area (Å²) in [4.78, 5) is 57.2. The first-order valence-electron chi connectivity index (χ1n) is 11.8. The Hall–Kier alpha value is -4.53. The Morgan fingerprint density at radius 3 is 1.64 bits per heavy atom. The summed E-state index contributed by atoms with van der Waals surface area (Å²) in [5.74, 6) is -0.748. The number of hydrogen-bond donors (Lipinski definition) is 2. The summed E-state index contributed by atoms with van der Waals surface area (Å²) in [7, 11) is 0. The van der Waals surface area contributed by atoms with E-state index in [1.165, 1.54) is 18.5 Å². The number of hydrogen-bond acceptors (Lipinski definition) is 5. The third-order valence-corrected chi connectivity index (χ3v) is 6.35. The molecule has 36 heavy (non-hydrogen) atoms. The molecule has 2 aliphatic heterocycles. The smallest absolute Gasteiger partial charge is 0.252 e. The summed E-state index contributed by atoms with van der Waals surface area (Å²) in [5, 5.41) is 5.58. The van der Waals surface area contributed by atoms with Crippen molar-refractivity contribution in [2.24, 2.45) is 0 Å². The molecule has 0 unspecified atom stereocenters. The maximum absolute atomic E-state index is 12.6. The molecule has 2 N–H and O–H groups in total. The summed E-state index contributed by atoms with van der Waals surface area (Å²) in [6.07, 6.45) is 3.51. The van der Waals surface area contributed by atoms with Crippen LogP contribution in [0.3, 0.4) is 0 Å². The predicted molar refractivity (Wildman–Crippen MR) is 134 cm³/mol. The topological polar surface area (TPSA) is 112 Å². The zero-order chi connectivity index (χ0) is 25.1. The molecule has 182 valence electrons. The lowest BCUT2D eigenvalue weighted by molar-refractivity contribution is -0.118. The van der Waals surface area contributed by atoms with Crippen molar-refractivity contribution >= 4 is 35.0 Å². The van der Waals surface area contributed by atoms with Crippen LogP contribution in [0.1, 0.15) is 31.8 Å². The highest BCUT2D eigenvalue weighted by Gasteiger charge is 2.27. The van der Waals surface area contributed by atoms with Crippen LogP contribution >= 0.6 is 0 Å². The molecule has 0 spiro atoms. The van der Waals surface area contributed by atoms with E-state index in [0.29, 0.717) is 25.9 Å². The average molecular weight is 484 g/mol. The number of carbonyl (C=O) groups excluding carboxylic acids is 4. The molecule has 3 heterocycles. The van der Waals surface area contributed by atoms with Crippen LogP contribution in [0.25, 0.3) is 0 Å². The molecule has 0 radical (unpaired) electrons. The van der Waals surface area contributed by atoms with Crippen molar-refractivity contribution in [3.63, 3.8) is 0 Å². The van der Waals surface area contributed by atoms with Gasteiger partial charge in [0.25, 0.3) is 11.8 Å². The Bertz CT molecular complexity index is 1260. The molecule has 0 saturated heterocycles. The van der Waals surface area contributed by atoms with Gasteiger partial charge in [0, 0.05) is 49.9 Å². The van der Waals surface area contributed by atoms with Gasteiger partial charge < -0.3 is 20.4 Å². The van der Waals surface area contributed by atoms with Crippen LogP contribution in [0.15, 0.2) is 67.0 Å². The van der Waals surface area contributed by atoms with Gasteiger partial charge in [-0.1, -0.05) is 36.4 Å². The molecule has 5 rings (SSSR count). The normalized spacial score (nSPS) is 14.0. The van der Waals surface area contributed by atoms with Crippen molar-refractivity contribution in [3.05, 3.63) is 89.2 Å². The van der Waals surface area contributed by atoms with Gasteiger partial charge in [-0.25, -0.2) is 0 Å². The number of carbonyl (C=O) groups is 4. The molecule has 0 saturated carbocycles. The van der Waals surface area contributed by atoms with Crippen LogP contribution in [-0.4, -0.2) is 54.8 Å². The predicted octanol–water partition coefficient (Wildman–Crippen LogP) is 1.72. The fourth-order valence-electron chi connectivity index (χ4n) is 4.58. The number of pyridine rings is 1. The Balaban J connectivity index is 1.13. The maximum Gasteiger partial charge on any atom is 0.252 e. The summed E-state index contributed by atoms with van der Waals surface area (Å²) in [6.45, 7) is 1.24. The number of amides is 4. The number of aromatic nitrogens is 1. The lowest BCUT2D eigenvalue weighted by Crippen LogP contribution is -2.37. The van der Waals surface area contributed by atoms with Gasteiger partial charge in [-0.15, -0.1) is 0 Å². The number of nitrogens with zero attached hydrogens (tertiary/aromatic N) is 3. The second-order valence-electron chi connectivity index (χ2n) is 8.68. The maximum atomic E-state index is 12.6. The second kappa shape index (κ2) is 9.99. The molecular weight excluding hydrogens is 458 g/mol. The molecule has 9 nitrogen and oxygen atoms in total. The van der Waals surface area contributed by atoms with Gasteiger partial charge in [-0.05, 0) is 29.3 Å². The Labute approximate surface area is 208 Å². The first-order valence-corrected chi connectivity index (χ1v) is 11.8. The van der Waals surface area contributed by atoms with Crippen molar-refractivity contribution in [1.29, 1.82) is 0 Å². The van der Waals surface area contributed by atoms with E-state index in [-0.39, 0.29) is 47.8 Å². The molecule has 4 amide bonds. The molecule has 0 bridgehead atoms. The standard InChI is InChI=1S/C27H25N5O4/c33-24-14-18-5-1-3-7-22(18)31(24)11-9-29-26(35)20-13-21(17-28-16-20)27(36)30-10-12-32-23-8-4-2-6-19(23)15-25(32)34/h1-8,13,16-17H,9-12,14-15H2,(H,29,35)(H,30,36). The molecule has 2 aromatic carbocycles. The van der Waals surface area contributed by atoms with E-state index >= 15 is 0 Å². The van der Waals surface area contributed by atoms with E-state index in [4.69, 9.17) is 0 Å². The van der Waals surface area contributed by atoms with Crippen molar-refractivity contribution in [2.75, 3.05) is 36.0 Å². The highest BCUT2D eigenvalue weighted by molar-refractivity contribution is 6.02. The molecule has 0 fully saturated rings. The number of anilines is 2. The van der Waals surface area contributed by atoms with Gasteiger partial charge in [0.2, 0.25) is 11.8 Å². The summed E-state index contributed by atoms with van der Waals surface area (Å²) >= 11 is 0. The van der Waals surface area contributed by atoms with Crippen LogP contribution < -0.4 is 20.4 Å². The first-order chi connectivity index (χ1) is 17.5. The summed E-state index contributed by atoms with van der Waals surface area (Å²) < 4.78 is 0. The highest BCUT2D eigenvalue weighted by atomic mass is 16.2. The van der Waals surface area contributed by atoms with Gasteiger partial charge >= 0.3 is 0 Å². The minimum atomic E-state index is -0.378. The van der Waals surface area contributed by atoms with Gasteiger partial charge in [0.15, 0.2) is 0 Å². The first kappa shape index (κ1) is 23.2. The zero-order valence-electron chi connectivity index (χ0n) is 19.6. The minimum Gasteiger partial charge on any atom is -0.350 e. The average Bonchev–Trinajstić information content (AvgIpc) is 3.39. The molecule has 0 atom stereocenters. The molecule has 3 aromatic rings. The van der Waals surface area contributed by atoms with Crippen molar-refractivity contribution in [1.82, 2.24) is 15.6 Å². The van der Waals surface area contributed by atoms with E-state index < -0.39 is 0 Å². The van der Waals surface area contributed by atoms with E-state index in [0.717, 1.165) is 22.5 Å². The fraction of sp³-hybridized carbons (Fsp3) is 0.222. The Morgan fingerprint density at radius 2 is 1.17 bits per heavy atom. The van der Waals surface area contributed by atoms with Gasteiger partial charge in [-0.2, -0.15) is 0 Å². The van der Waals surface area contributed by atoms with Crippen LogP contribution in [0.5, 0.6) is 0 Å². The van der Waals surface area contributed by atoms with Gasteiger partial charge in [-0.3, -0.25) is 24.2 Å². The SMILES string of the molecule is O=C(NCCN1C(=O)Cc2ccccc21)c1cncc(C(=O)NCCN2C(=O)Cc3ccccc32)c1. The van der Waals surface area contributed by atoms with E-state index in [1.54, 1.807) is 9.80 Å². The lowest BCUT2D eigenvalue weighted by Gasteiger charge is -2.18. The number of rotatable bonds is 8. The molecule has 1 aromatic heterocycles. The minimum absolute atomic E-state index is 0.00454. The van der Waals surface area contributed by atoms with Crippen LogP contribution in [0.2, 0.25) is 0 Å². The third kappa shape index (κ3) is 4.68. The number of nitrogens with one attached hydrogen (secondary N) is 2. The molecule has 2 aliphatic rings. The van der Waals surface area contributed by atoms with Crippen LogP contribution in [0, 0.1) is 0 Å². The molecular formula is C27H25N5O4.